The van der Waals surface area contributed by atoms with Crippen LogP contribution in [-0.4, -0.2) is 42.1 Å². The van der Waals surface area contributed by atoms with Gasteiger partial charge in [0.15, 0.2) is 0 Å². The van der Waals surface area contributed by atoms with E-state index in [9.17, 15) is 4.79 Å². The van der Waals surface area contributed by atoms with Gasteiger partial charge in [-0.25, -0.2) is 4.98 Å². The number of pyridine rings is 1. The first-order chi connectivity index (χ1) is 7.81. The average Bonchev–Trinajstić information content (AvgIpc) is 2.39. The number of morpholine rings is 1. The number of rotatable bonds is 1. The zero-order chi connectivity index (χ0) is 11.4. The standard InChI is InChI=1S/C11H11N3O2/c12-7-9-1-2-10(13-8-9)11(15)14-3-5-16-6-4-14/h1-2,8H,3-6H2. The summed E-state index contributed by atoms with van der Waals surface area (Å²) in [4.78, 5) is 17.6. The molecular formula is C11H11N3O2. The molecule has 1 amide bonds. The number of carbonyl (C=O) groups excluding carboxylic acids is 1. The van der Waals surface area contributed by atoms with Crippen molar-refractivity contribution < 1.29 is 9.53 Å². The van der Waals surface area contributed by atoms with Crippen LogP contribution in [0.1, 0.15) is 16.1 Å². The summed E-state index contributed by atoms with van der Waals surface area (Å²) in [6, 6.07) is 5.14. The minimum atomic E-state index is -0.104. The third kappa shape index (κ3) is 2.18. The highest BCUT2D eigenvalue weighted by Crippen LogP contribution is 2.05. The van der Waals surface area contributed by atoms with Crippen molar-refractivity contribution in [3.8, 4) is 6.07 Å². The average molecular weight is 217 g/mol. The van der Waals surface area contributed by atoms with Crippen LogP contribution in [0, 0.1) is 11.3 Å². The molecule has 1 aliphatic heterocycles. The predicted octanol–water partition coefficient (Wildman–Crippen LogP) is 0.426. The maximum absolute atomic E-state index is 11.9. The lowest BCUT2D eigenvalue weighted by molar-refractivity contribution is 0.0299. The van der Waals surface area contributed by atoms with Crippen molar-refractivity contribution in [3.63, 3.8) is 0 Å². The van der Waals surface area contributed by atoms with Gasteiger partial charge in [-0.2, -0.15) is 5.26 Å². The molecule has 1 aromatic heterocycles. The molecule has 2 rings (SSSR count). The lowest BCUT2D eigenvalue weighted by Crippen LogP contribution is -2.41. The predicted molar refractivity (Wildman–Crippen MR) is 55.7 cm³/mol. The smallest absolute Gasteiger partial charge is 0.272 e. The molecule has 0 radical (unpaired) electrons. The molecule has 0 saturated carbocycles. The Morgan fingerprint density at radius 2 is 2.19 bits per heavy atom. The van der Waals surface area contributed by atoms with E-state index < -0.39 is 0 Å². The molecule has 0 aliphatic carbocycles. The lowest BCUT2D eigenvalue weighted by Gasteiger charge is -2.26. The first-order valence-electron chi connectivity index (χ1n) is 5.04. The van der Waals surface area contributed by atoms with Gasteiger partial charge in [-0.05, 0) is 12.1 Å². The van der Waals surface area contributed by atoms with Crippen molar-refractivity contribution >= 4 is 5.91 Å². The van der Waals surface area contributed by atoms with E-state index in [-0.39, 0.29) is 5.91 Å². The minimum absolute atomic E-state index is 0.104. The first kappa shape index (κ1) is 10.6. The number of aromatic nitrogens is 1. The van der Waals surface area contributed by atoms with E-state index in [1.807, 2.05) is 6.07 Å². The fourth-order valence-corrected chi connectivity index (χ4v) is 1.51. The van der Waals surface area contributed by atoms with E-state index in [1.54, 1.807) is 17.0 Å². The quantitative estimate of drug-likeness (QED) is 0.684. The Balaban J connectivity index is 2.11. The fourth-order valence-electron chi connectivity index (χ4n) is 1.51. The molecule has 16 heavy (non-hydrogen) atoms. The lowest BCUT2D eigenvalue weighted by atomic mass is 10.2. The van der Waals surface area contributed by atoms with Crippen molar-refractivity contribution in [3.05, 3.63) is 29.6 Å². The summed E-state index contributed by atoms with van der Waals surface area (Å²) < 4.78 is 5.16. The van der Waals surface area contributed by atoms with Crippen LogP contribution < -0.4 is 0 Å². The SMILES string of the molecule is N#Cc1ccc(C(=O)N2CCOCC2)nc1. The Bertz CT molecular complexity index is 416. The van der Waals surface area contributed by atoms with Gasteiger partial charge in [0, 0.05) is 19.3 Å². The molecule has 0 N–H and O–H groups in total. The second-order valence-electron chi connectivity index (χ2n) is 3.45. The van der Waals surface area contributed by atoms with Gasteiger partial charge in [0.2, 0.25) is 0 Å². The number of carbonyl (C=O) groups is 1. The largest absolute Gasteiger partial charge is 0.378 e. The first-order valence-corrected chi connectivity index (χ1v) is 5.04. The van der Waals surface area contributed by atoms with Crippen LogP contribution in [0.3, 0.4) is 0 Å². The zero-order valence-electron chi connectivity index (χ0n) is 8.72. The number of hydrogen-bond acceptors (Lipinski definition) is 4. The highest BCUT2D eigenvalue weighted by Gasteiger charge is 2.19. The molecule has 0 aromatic carbocycles. The molecule has 82 valence electrons. The van der Waals surface area contributed by atoms with Gasteiger partial charge in [-0.15, -0.1) is 0 Å². The van der Waals surface area contributed by atoms with E-state index in [1.165, 1.54) is 6.20 Å². The molecule has 2 heterocycles. The number of nitriles is 1. The number of nitrogens with zero attached hydrogens (tertiary/aromatic N) is 3. The van der Waals surface area contributed by atoms with Crippen molar-refractivity contribution in [2.45, 2.75) is 0 Å². The van der Waals surface area contributed by atoms with Gasteiger partial charge < -0.3 is 9.64 Å². The van der Waals surface area contributed by atoms with Crippen molar-refractivity contribution in [1.82, 2.24) is 9.88 Å². The highest BCUT2D eigenvalue weighted by atomic mass is 16.5. The minimum Gasteiger partial charge on any atom is -0.378 e. The highest BCUT2D eigenvalue weighted by molar-refractivity contribution is 5.92. The molecule has 1 aliphatic rings. The summed E-state index contributed by atoms with van der Waals surface area (Å²) in [5.41, 5.74) is 0.833. The van der Waals surface area contributed by atoms with E-state index in [2.05, 4.69) is 4.98 Å². The molecule has 1 fully saturated rings. The molecule has 1 aromatic rings. The van der Waals surface area contributed by atoms with Crippen LogP contribution in [0.5, 0.6) is 0 Å². The zero-order valence-corrected chi connectivity index (χ0v) is 8.72. The summed E-state index contributed by atoms with van der Waals surface area (Å²) in [6.07, 6.45) is 1.41. The van der Waals surface area contributed by atoms with Gasteiger partial charge in [0.1, 0.15) is 11.8 Å². The van der Waals surface area contributed by atoms with E-state index in [0.717, 1.165) is 0 Å². The number of amides is 1. The second-order valence-corrected chi connectivity index (χ2v) is 3.45. The van der Waals surface area contributed by atoms with Crippen LogP contribution in [0.2, 0.25) is 0 Å². The number of ether oxygens (including phenoxy) is 1. The van der Waals surface area contributed by atoms with Gasteiger partial charge in [-0.3, -0.25) is 4.79 Å². The van der Waals surface area contributed by atoms with Crippen LogP contribution >= 0.6 is 0 Å². The van der Waals surface area contributed by atoms with Crippen LogP contribution in [0.25, 0.3) is 0 Å². The third-order valence-electron chi connectivity index (χ3n) is 2.41. The normalized spacial score (nSPS) is 15.6. The molecule has 5 nitrogen and oxygen atoms in total. The van der Waals surface area contributed by atoms with E-state index in [0.29, 0.717) is 37.6 Å². The fraction of sp³-hybridized carbons (Fsp3) is 0.364. The maximum Gasteiger partial charge on any atom is 0.272 e. The van der Waals surface area contributed by atoms with Gasteiger partial charge in [-0.1, -0.05) is 0 Å². The molecular weight excluding hydrogens is 206 g/mol. The Morgan fingerprint density at radius 3 is 2.75 bits per heavy atom. The molecule has 0 bridgehead atoms. The Kier molecular flexibility index (Phi) is 3.13. The summed E-state index contributed by atoms with van der Waals surface area (Å²) in [5.74, 6) is -0.104. The van der Waals surface area contributed by atoms with Crippen molar-refractivity contribution in [2.75, 3.05) is 26.3 Å². The van der Waals surface area contributed by atoms with Crippen molar-refractivity contribution in [2.24, 2.45) is 0 Å². The maximum atomic E-state index is 11.9. The van der Waals surface area contributed by atoms with Crippen LogP contribution in [0.15, 0.2) is 18.3 Å². The number of hydrogen-bond donors (Lipinski definition) is 0. The van der Waals surface area contributed by atoms with E-state index in [4.69, 9.17) is 10.00 Å². The molecule has 0 spiro atoms. The van der Waals surface area contributed by atoms with Gasteiger partial charge >= 0.3 is 0 Å². The van der Waals surface area contributed by atoms with Crippen molar-refractivity contribution in [1.29, 1.82) is 5.26 Å². The van der Waals surface area contributed by atoms with Crippen LogP contribution in [-0.2, 0) is 4.74 Å². The summed E-state index contributed by atoms with van der Waals surface area (Å²) in [6.45, 7) is 2.34. The molecule has 1 saturated heterocycles. The van der Waals surface area contributed by atoms with Gasteiger partial charge in [0.25, 0.3) is 5.91 Å². The van der Waals surface area contributed by atoms with E-state index >= 15 is 0 Å². The second kappa shape index (κ2) is 4.73. The summed E-state index contributed by atoms with van der Waals surface area (Å²) in [7, 11) is 0. The Morgan fingerprint density at radius 1 is 1.44 bits per heavy atom. The summed E-state index contributed by atoms with van der Waals surface area (Å²) >= 11 is 0. The topological polar surface area (TPSA) is 66.2 Å². The molecule has 0 unspecified atom stereocenters. The monoisotopic (exact) mass is 217 g/mol. The Hall–Kier alpha value is -1.93. The van der Waals surface area contributed by atoms with Crippen LogP contribution in [0.4, 0.5) is 0 Å². The molecule has 5 heteroatoms. The van der Waals surface area contributed by atoms with Gasteiger partial charge in [0.05, 0.1) is 18.8 Å². The Labute approximate surface area is 93.3 Å². The third-order valence-corrected chi connectivity index (χ3v) is 2.41. The molecule has 0 atom stereocenters. The summed E-state index contributed by atoms with van der Waals surface area (Å²) in [5, 5.41) is 8.61.